The van der Waals surface area contributed by atoms with Crippen LogP contribution in [-0.4, -0.2) is 29.5 Å². The summed E-state index contributed by atoms with van der Waals surface area (Å²) in [6.07, 6.45) is 1.22. The predicted molar refractivity (Wildman–Crippen MR) is 87.5 cm³/mol. The molecule has 0 bridgehead atoms. The summed E-state index contributed by atoms with van der Waals surface area (Å²) < 4.78 is 18.7. The van der Waals surface area contributed by atoms with Crippen LogP contribution < -0.4 is 10.6 Å². The highest BCUT2D eigenvalue weighted by atomic mass is 19.1. The fourth-order valence-corrected chi connectivity index (χ4v) is 1.93. The van der Waals surface area contributed by atoms with Gasteiger partial charge >= 0.3 is 5.97 Å². The summed E-state index contributed by atoms with van der Waals surface area (Å²) in [5, 5.41) is 5.24. The van der Waals surface area contributed by atoms with Crippen LogP contribution in [0.3, 0.4) is 0 Å². The van der Waals surface area contributed by atoms with Crippen molar-refractivity contribution in [3.63, 3.8) is 0 Å². The summed E-state index contributed by atoms with van der Waals surface area (Å²) >= 11 is 0. The highest BCUT2D eigenvalue weighted by Crippen LogP contribution is 2.20. The number of aromatic nitrogens is 1. The van der Waals surface area contributed by atoms with Gasteiger partial charge in [0.25, 0.3) is 5.91 Å². The van der Waals surface area contributed by atoms with Gasteiger partial charge in [0.15, 0.2) is 0 Å². The average Bonchev–Trinajstić information content (AvgIpc) is 2.54. The zero-order valence-electron chi connectivity index (χ0n) is 13.4. The Morgan fingerprint density at radius 2 is 1.96 bits per heavy atom. The van der Waals surface area contributed by atoms with Gasteiger partial charge in [-0.1, -0.05) is 12.1 Å². The first kappa shape index (κ1) is 17.4. The number of hydrogen-bond acceptors (Lipinski definition) is 5. The minimum absolute atomic E-state index is 0.192. The number of esters is 1. The van der Waals surface area contributed by atoms with E-state index >= 15 is 0 Å². The van der Waals surface area contributed by atoms with Gasteiger partial charge in [-0.3, -0.25) is 9.59 Å². The largest absolute Gasteiger partial charge is 0.462 e. The topological polar surface area (TPSA) is 80.3 Å². The lowest BCUT2D eigenvalue weighted by atomic mass is 10.2. The van der Waals surface area contributed by atoms with Gasteiger partial charge in [0.05, 0.1) is 17.4 Å². The van der Waals surface area contributed by atoms with Crippen LogP contribution in [0.5, 0.6) is 0 Å². The normalized spacial score (nSPS) is 10.3. The van der Waals surface area contributed by atoms with Crippen molar-refractivity contribution < 1.29 is 18.7 Å². The number of hydrogen-bond donors (Lipinski definition) is 2. The van der Waals surface area contributed by atoms with Crippen LogP contribution in [0.15, 0.2) is 42.6 Å². The number of carbonyl (C=O) groups excluding carboxylic acids is 2. The van der Waals surface area contributed by atoms with Gasteiger partial charge in [-0.25, -0.2) is 9.37 Å². The fourth-order valence-electron chi connectivity index (χ4n) is 1.93. The SMILES string of the molecule is CC(C)OC(=O)CNC(=O)c1cccnc1Nc1ccccc1F. The van der Waals surface area contributed by atoms with Crippen molar-refractivity contribution in [1.29, 1.82) is 0 Å². The van der Waals surface area contributed by atoms with Gasteiger partial charge in [-0.2, -0.15) is 0 Å². The second-order valence-corrected chi connectivity index (χ2v) is 5.23. The maximum absolute atomic E-state index is 13.7. The fraction of sp³-hybridized carbons (Fsp3) is 0.235. The number of para-hydroxylation sites is 1. The second kappa shape index (κ2) is 8.05. The molecule has 2 rings (SSSR count). The van der Waals surface area contributed by atoms with Gasteiger partial charge in [0.2, 0.25) is 0 Å². The first-order chi connectivity index (χ1) is 11.5. The third-order valence-electron chi connectivity index (χ3n) is 2.94. The van der Waals surface area contributed by atoms with Gasteiger partial charge in [0.1, 0.15) is 18.2 Å². The standard InChI is InChI=1S/C17H18FN3O3/c1-11(2)24-15(22)10-20-17(23)12-6-5-9-19-16(12)21-14-8-4-3-7-13(14)18/h3-9,11H,10H2,1-2H3,(H,19,21)(H,20,23). The molecule has 0 aliphatic heterocycles. The molecule has 2 aromatic rings. The molecule has 0 unspecified atom stereocenters. The van der Waals surface area contributed by atoms with Gasteiger partial charge in [-0.15, -0.1) is 0 Å². The molecule has 0 aliphatic rings. The van der Waals surface area contributed by atoms with Crippen LogP contribution in [0.25, 0.3) is 0 Å². The zero-order chi connectivity index (χ0) is 17.5. The van der Waals surface area contributed by atoms with E-state index in [-0.39, 0.29) is 29.7 Å². The van der Waals surface area contributed by atoms with E-state index in [4.69, 9.17) is 4.74 Å². The number of nitrogens with zero attached hydrogens (tertiary/aromatic N) is 1. The van der Waals surface area contributed by atoms with E-state index in [0.717, 1.165) is 0 Å². The first-order valence-corrected chi connectivity index (χ1v) is 7.41. The molecule has 1 aromatic heterocycles. The van der Waals surface area contributed by atoms with Crippen LogP contribution in [0.4, 0.5) is 15.9 Å². The first-order valence-electron chi connectivity index (χ1n) is 7.41. The smallest absolute Gasteiger partial charge is 0.325 e. The minimum atomic E-state index is -0.536. The van der Waals surface area contributed by atoms with Crippen molar-refractivity contribution in [1.82, 2.24) is 10.3 Å². The molecule has 1 heterocycles. The summed E-state index contributed by atoms with van der Waals surface area (Å²) in [6, 6.07) is 9.16. The molecule has 126 valence electrons. The average molecular weight is 331 g/mol. The van der Waals surface area contributed by atoms with Crippen molar-refractivity contribution in [3.05, 3.63) is 54.0 Å². The van der Waals surface area contributed by atoms with Crippen molar-refractivity contribution in [3.8, 4) is 0 Å². The van der Waals surface area contributed by atoms with E-state index in [9.17, 15) is 14.0 Å². The summed E-state index contributed by atoms with van der Waals surface area (Å²) in [4.78, 5) is 27.8. The van der Waals surface area contributed by atoms with Crippen LogP contribution in [-0.2, 0) is 9.53 Å². The van der Waals surface area contributed by atoms with Crippen molar-refractivity contribution in [2.24, 2.45) is 0 Å². The summed E-state index contributed by atoms with van der Waals surface area (Å²) in [6.45, 7) is 3.18. The Kier molecular flexibility index (Phi) is 5.83. The lowest BCUT2D eigenvalue weighted by Gasteiger charge is -2.12. The third kappa shape index (κ3) is 4.77. The molecule has 6 nitrogen and oxygen atoms in total. The van der Waals surface area contributed by atoms with Gasteiger partial charge in [0, 0.05) is 6.20 Å². The van der Waals surface area contributed by atoms with Crippen LogP contribution >= 0.6 is 0 Å². The third-order valence-corrected chi connectivity index (χ3v) is 2.94. The summed E-state index contributed by atoms with van der Waals surface area (Å²) in [5.74, 6) is -1.32. The number of anilines is 2. The molecule has 1 aromatic carbocycles. The Bertz CT molecular complexity index is 735. The molecule has 0 saturated heterocycles. The van der Waals surface area contributed by atoms with Crippen molar-refractivity contribution in [2.45, 2.75) is 20.0 Å². The van der Waals surface area contributed by atoms with Crippen LogP contribution in [0.1, 0.15) is 24.2 Å². The van der Waals surface area contributed by atoms with E-state index in [1.54, 1.807) is 32.0 Å². The zero-order valence-corrected chi connectivity index (χ0v) is 13.4. The Hall–Kier alpha value is -2.96. The Balaban J connectivity index is 2.09. The molecule has 0 aliphatic carbocycles. The van der Waals surface area contributed by atoms with E-state index in [1.807, 2.05) is 0 Å². The molecule has 2 N–H and O–H groups in total. The quantitative estimate of drug-likeness (QED) is 0.796. The second-order valence-electron chi connectivity index (χ2n) is 5.23. The molecule has 1 amide bonds. The molecular formula is C17H18FN3O3. The van der Waals surface area contributed by atoms with Crippen LogP contribution in [0, 0.1) is 5.82 Å². The molecule has 24 heavy (non-hydrogen) atoms. The van der Waals surface area contributed by atoms with E-state index in [2.05, 4.69) is 15.6 Å². The minimum Gasteiger partial charge on any atom is -0.462 e. The molecule has 0 saturated carbocycles. The Labute approximate surface area is 139 Å². The number of amides is 1. The molecule has 7 heteroatoms. The number of carbonyl (C=O) groups is 2. The number of rotatable bonds is 6. The van der Waals surface area contributed by atoms with E-state index in [1.165, 1.54) is 24.4 Å². The highest BCUT2D eigenvalue weighted by molar-refractivity contribution is 6.00. The molecule has 0 atom stereocenters. The molecule has 0 fully saturated rings. The lowest BCUT2D eigenvalue weighted by molar-refractivity contribution is -0.146. The number of nitrogens with one attached hydrogen (secondary N) is 2. The summed E-state index contributed by atoms with van der Waals surface area (Å²) in [5.41, 5.74) is 0.391. The molecule has 0 spiro atoms. The molecular weight excluding hydrogens is 313 g/mol. The number of ether oxygens (including phenoxy) is 1. The van der Waals surface area contributed by atoms with E-state index < -0.39 is 17.7 Å². The number of benzene rings is 1. The van der Waals surface area contributed by atoms with Crippen LogP contribution in [0.2, 0.25) is 0 Å². The predicted octanol–water partition coefficient (Wildman–Crippen LogP) is 2.65. The molecule has 0 radical (unpaired) electrons. The summed E-state index contributed by atoms with van der Waals surface area (Å²) in [7, 11) is 0. The lowest BCUT2D eigenvalue weighted by Crippen LogP contribution is -2.32. The number of halogens is 1. The maximum atomic E-state index is 13.7. The van der Waals surface area contributed by atoms with E-state index in [0.29, 0.717) is 0 Å². The highest BCUT2D eigenvalue weighted by Gasteiger charge is 2.15. The van der Waals surface area contributed by atoms with Crippen molar-refractivity contribution in [2.75, 3.05) is 11.9 Å². The van der Waals surface area contributed by atoms with Gasteiger partial charge < -0.3 is 15.4 Å². The van der Waals surface area contributed by atoms with Gasteiger partial charge in [-0.05, 0) is 38.1 Å². The number of pyridine rings is 1. The Morgan fingerprint density at radius 3 is 2.67 bits per heavy atom. The Morgan fingerprint density at radius 1 is 1.21 bits per heavy atom. The monoisotopic (exact) mass is 331 g/mol. The van der Waals surface area contributed by atoms with Crippen molar-refractivity contribution >= 4 is 23.4 Å². The maximum Gasteiger partial charge on any atom is 0.325 e.